The number of halogens is 1. The minimum Gasteiger partial charge on any atom is -0.379 e. The molecule has 0 aromatic heterocycles. The summed E-state index contributed by atoms with van der Waals surface area (Å²) in [6.07, 6.45) is 5.91. The second-order valence-electron chi connectivity index (χ2n) is 6.06. The van der Waals surface area contributed by atoms with Crippen molar-refractivity contribution in [1.82, 2.24) is 0 Å². The molecule has 0 heterocycles. The van der Waals surface area contributed by atoms with Crippen LogP contribution in [0.1, 0.15) is 52.9 Å². The van der Waals surface area contributed by atoms with E-state index in [0.717, 1.165) is 24.3 Å². The first-order chi connectivity index (χ1) is 7.93. The second kappa shape index (κ2) is 6.53. The molecule has 102 valence electrons. The van der Waals surface area contributed by atoms with Crippen LogP contribution in [0.2, 0.25) is 0 Å². The van der Waals surface area contributed by atoms with Crippen molar-refractivity contribution in [2.24, 2.45) is 5.92 Å². The fraction of sp³-hybridized carbons (Fsp3) is 1.00. The Morgan fingerprint density at radius 2 is 1.88 bits per heavy atom. The third kappa shape index (κ3) is 4.88. The quantitative estimate of drug-likeness (QED) is 0.686. The van der Waals surface area contributed by atoms with Crippen molar-refractivity contribution in [3.05, 3.63) is 0 Å². The van der Waals surface area contributed by atoms with Gasteiger partial charge in [0.1, 0.15) is 0 Å². The fourth-order valence-electron chi connectivity index (χ4n) is 2.22. The third-order valence-corrected chi connectivity index (χ3v) is 5.12. The Bertz CT molecular complexity index is 220. The Balaban J connectivity index is 2.37. The SMILES string of the molecule is COC(C)(C)CCOC1(CBr)CCC(C)CC1. The van der Waals surface area contributed by atoms with E-state index in [4.69, 9.17) is 9.47 Å². The van der Waals surface area contributed by atoms with Gasteiger partial charge in [0.25, 0.3) is 0 Å². The average molecular weight is 307 g/mol. The maximum atomic E-state index is 6.18. The molecule has 0 aromatic rings. The summed E-state index contributed by atoms with van der Waals surface area (Å²) >= 11 is 3.63. The highest BCUT2D eigenvalue weighted by atomic mass is 79.9. The maximum absolute atomic E-state index is 6.18. The van der Waals surface area contributed by atoms with Crippen LogP contribution in [0.4, 0.5) is 0 Å². The van der Waals surface area contributed by atoms with Gasteiger partial charge in [-0.15, -0.1) is 0 Å². The molecule has 1 saturated carbocycles. The molecule has 0 N–H and O–H groups in total. The molecule has 0 aliphatic heterocycles. The van der Waals surface area contributed by atoms with E-state index in [2.05, 4.69) is 36.7 Å². The highest BCUT2D eigenvalue weighted by Gasteiger charge is 2.34. The highest BCUT2D eigenvalue weighted by Crippen LogP contribution is 2.36. The Labute approximate surface area is 115 Å². The minimum atomic E-state index is -0.0739. The van der Waals surface area contributed by atoms with Crippen molar-refractivity contribution in [2.75, 3.05) is 19.0 Å². The molecule has 0 atom stereocenters. The molecule has 2 nitrogen and oxygen atoms in total. The first kappa shape index (κ1) is 15.5. The number of alkyl halides is 1. The zero-order chi connectivity index (χ0) is 12.9. The summed E-state index contributed by atoms with van der Waals surface area (Å²) in [5.41, 5.74) is 0.00575. The van der Waals surface area contributed by atoms with Gasteiger partial charge in [0.15, 0.2) is 0 Å². The van der Waals surface area contributed by atoms with Gasteiger partial charge < -0.3 is 9.47 Å². The third-order valence-electron chi connectivity index (χ3n) is 4.09. The normalized spacial score (nSPS) is 30.5. The van der Waals surface area contributed by atoms with Crippen molar-refractivity contribution < 1.29 is 9.47 Å². The van der Waals surface area contributed by atoms with Crippen LogP contribution in [0.3, 0.4) is 0 Å². The number of rotatable bonds is 6. The Kier molecular flexibility index (Phi) is 5.94. The molecule has 0 radical (unpaired) electrons. The molecular weight excluding hydrogens is 280 g/mol. The minimum absolute atomic E-state index is 0.0739. The van der Waals surface area contributed by atoms with Gasteiger partial charge in [0, 0.05) is 12.4 Å². The van der Waals surface area contributed by atoms with Gasteiger partial charge in [-0.05, 0) is 51.9 Å². The van der Waals surface area contributed by atoms with Crippen LogP contribution in [-0.4, -0.2) is 30.2 Å². The summed E-state index contributed by atoms with van der Waals surface area (Å²) < 4.78 is 11.6. The predicted molar refractivity (Wildman–Crippen MR) is 75.8 cm³/mol. The molecule has 0 saturated heterocycles. The van der Waals surface area contributed by atoms with Gasteiger partial charge >= 0.3 is 0 Å². The standard InChI is InChI=1S/C14H27BrO2/c1-12-5-7-14(11-15,8-6-12)17-10-9-13(2,3)16-4/h12H,5-11H2,1-4H3. The van der Waals surface area contributed by atoms with Gasteiger partial charge in [-0.25, -0.2) is 0 Å². The van der Waals surface area contributed by atoms with Crippen molar-refractivity contribution in [3.63, 3.8) is 0 Å². The topological polar surface area (TPSA) is 18.5 Å². The van der Waals surface area contributed by atoms with Crippen molar-refractivity contribution in [2.45, 2.75) is 64.1 Å². The van der Waals surface area contributed by atoms with E-state index in [9.17, 15) is 0 Å². The van der Waals surface area contributed by atoms with Crippen LogP contribution >= 0.6 is 15.9 Å². The van der Waals surface area contributed by atoms with Crippen molar-refractivity contribution >= 4 is 15.9 Å². The van der Waals surface area contributed by atoms with Crippen molar-refractivity contribution in [3.8, 4) is 0 Å². The van der Waals surface area contributed by atoms with Crippen LogP contribution < -0.4 is 0 Å². The van der Waals surface area contributed by atoms with E-state index in [1.54, 1.807) is 7.11 Å². The molecule has 0 bridgehead atoms. The molecule has 0 aromatic carbocycles. The molecule has 1 fully saturated rings. The Morgan fingerprint density at radius 3 is 2.35 bits per heavy atom. The van der Waals surface area contributed by atoms with E-state index in [-0.39, 0.29) is 11.2 Å². The monoisotopic (exact) mass is 306 g/mol. The molecular formula is C14H27BrO2. The first-order valence-electron chi connectivity index (χ1n) is 6.68. The van der Waals surface area contributed by atoms with E-state index in [0.29, 0.717) is 0 Å². The smallest absolute Gasteiger partial charge is 0.0779 e. The second-order valence-corrected chi connectivity index (χ2v) is 6.62. The summed E-state index contributed by atoms with van der Waals surface area (Å²) in [5, 5.41) is 0.958. The van der Waals surface area contributed by atoms with Crippen LogP contribution in [0.15, 0.2) is 0 Å². The lowest BCUT2D eigenvalue weighted by molar-refractivity contribution is -0.0832. The molecule has 1 aliphatic carbocycles. The van der Waals surface area contributed by atoms with Gasteiger partial charge in [0.05, 0.1) is 17.8 Å². The number of ether oxygens (including phenoxy) is 2. The van der Waals surface area contributed by atoms with E-state index in [1.807, 2.05) is 0 Å². The number of hydrogen-bond donors (Lipinski definition) is 0. The average Bonchev–Trinajstić information content (AvgIpc) is 2.32. The summed E-state index contributed by atoms with van der Waals surface area (Å²) in [5.74, 6) is 0.862. The Morgan fingerprint density at radius 1 is 1.29 bits per heavy atom. The first-order valence-corrected chi connectivity index (χ1v) is 7.80. The zero-order valence-corrected chi connectivity index (χ0v) is 13.3. The molecule has 3 heteroatoms. The number of methoxy groups -OCH3 is 1. The Hall–Kier alpha value is 0.400. The molecule has 17 heavy (non-hydrogen) atoms. The molecule has 0 spiro atoms. The lowest BCUT2D eigenvalue weighted by Crippen LogP contribution is -2.40. The highest BCUT2D eigenvalue weighted by molar-refractivity contribution is 9.09. The summed E-state index contributed by atoms with van der Waals surface area (Å²) in [4.78, 5) is 0. The molecule has 0 amide bonds. The van der Waals surface area contributed by atoms with Crippen LogP contribution in [0.25, 0.3) is 0 Å². The predicted octanol–water partition coefficient (Wildman–Crippen LogP) is 4.16. The largest absolute Gasteiger partial charge is 0.379 e. The van der Waals surface area contributed by atoms with Gasteiger partial charge in [-0.2, -0.15) is 0 Å². The number of hydrogen-bond acceptors (Lipinski definition) is 2. The summed E-state index contributed by atoms with van der Waals surface area (Å²) in [7, 11) is 1.77. The van der Waals surface area contributed by atoms with Crippen molar-refractivity contribution in [1.29, 1.82) is 0 Å². The van der Waals surface area contributed by atoms with Gasteiger partial charge in [-0.1, -0.05) is 22.9 Å². The molecule has 1 rings (SSSR count). The fourth-order valence-corrected chi connectivity index (χ4v) is 2.94. The molecule has 0 unspecified atom stereocenters. The summed E-state index contributed by atoms with van der Waals surface area (Å²) in [6.45, 7) is 7.35. The summed E-state index contributed by atoms with van der Waals surface area (Å²) in [6, 6.07) is 0. The van der Waals surface area contributed by atoms with Gasteiger partial charge in [0.2, 0.25) is 0 Å². The lowest BCUT2D eigenvalue weighted by Gasteiger charge is -2.39. The van der Waals surface area contributed by atoms with Crippen LogP contribution in [0, 0.1) is 5.92 Å². The van der Waals surface area contributed by atoms with Crippen LogP contribution in [-0.2, 0) is 9.47 Å². The molecule has 1 aliphatic rings. The van der Waals surface area contributed by atoms with Crippen LogP contribution in [0.5, 0.6) is 0 Å². The van der Waals surface area contributed by atoms with Gasteiger partial charge in [-0.3, -0.25) is 0 Å². The zero-order valence-electron chi connectivity index (χ0n) is 11.7. The van der Waals surface area contributed by atoms with E-state index in [1.165, 1.54) is 25.7 Å². The van der Waals surface area contributed by atoms with E-state index >= 15 is 0 Å². The van der Waals surface area contributed by atoms with E-state index < -0.39 is 0 Å². The lowest BCUT2D eigenvalue weighted by atomic mass is 9.80. The maximum Gasteiger partial charge on any atom is 0.0779 e.